The first-order chi connectivity index (χ1) is 16.5. The number of rotatable bonds is 7. The van der Waals surface area contributed by atoms with Gasteiger partial charge in [-0.25, -0.2) is 4.39 Å². The number of carboxylic acids is 1. The summed E-state index contributed by atoms with van der Waals surface area (Å²) in [5, 5.41) is 9.43. The average Bonchev–Trinajstić information content (AvgIpc) is 2.82. The number of methoxy groups -OCH3 is 1. The number of carboxylic acid groups (broad SMARTS) is 1. The molecule has 0 saturated heterocycles. The van der Waals surface area contributed by atoms with Gasteiger partial charge in [-0.3, -0.25) is 4.79 Å². The second-order valence-corrected chi connectivity index (χ2v) is 9.38. The van der Waals surface area contributed by atoms with Gasteiger partial charge in [-0.2, -0.15) is 0 Å². The third-order valence-electron chi connectivity index (χ3n) is 7.34. The van der Waals surface area contributed by atoms with Crippen LogP contribution in [0.2, 0.25) is 0 Å². The highest BCUT2D eigenvalue weighted by Gasteiger charge is 2.31. The lowest BCUT2D eigenvalue weighted by Crippen LogP contribution is -2.23. The summed E-state index contributed by atoms with van der Waals surface area (Å²) in [4.78, 5) is 11.5. The van der Waals surface area contributed by atoms with Gasteiger partial charge in [-0.15, -0.1) is 0 Å². The fourth-order valence-electron chi connectivity index (χ4n) is 5.17. The van der Waals surface area contributed by atoms with Crippen molar-refractivity contribution in [1.82, 2.24) is 0 Å². The molecule has 0 aromatic heterocycles. The molecule has 176 valence electrons. The quantitative estimate of drug-likeness (QED) is 0.416. The highest BCUT2D eigenvalue weighted by Crippen LogP contribution is 2.44. The minimum atomic E-state index is -0.749. The second-order valence-electron chi connectivity index (χ2n) is 9.38. The Morgan fingerprint density at radius 1 is 1.09 bits per heavy atom. The van der Waals surface area contributed by atoms with Crippen molar-refractivity contribution in [1.29, 1.82) is 0 Å². The van der Waals surface area contributed by atoms with E-state index < -0.39 is 5.97 Å². The third kappa shape index (κ3) is 4.52. The maximum Gasteiger partial charge on any atom is 0.303 e. The number of fused-ring (bicyclic) bond motifs is 1. The Bertz CT molecular complexity index is 1180. The van der Waals surface area contributed by atoms with Crippen molar-refractivity contribution in [3.63, 3.8) is 0 Å². The van der Waals surface area contributed by atoms with Crippen LogP contribution in [0.3, 0.4) is 0 Å². The fraction of sp³-hybridized carbons (Fsp3) is 0.345. The van der Waals surface area contributed by atoms with Crippen molar-refractivity contribution >= 4 is 5.97 Å². The van der Waals surface area contributed by atoms with Crippen LogP contribution in [-0.2, 0) is 11.2 Å². The number of ether oxygens (including phenoxy) is 2. The molecule has 2 aliphatic rings. The van der Waals surface area contributed by atoms with E-state index in [4.69, 9.17) is 9.47 Å². The largest absolute Gasteiger partial charge is 0.497 e. The normalized spacial score (nSPS) is 18.4. The predicted molar refractivity (Wildman–Crippen MR) is 129 cm³/mol. The summed E-state index contributed by atoms with van der Waals surface area (Å²) in [7, 11) is 1.57. The predicted octanol–water partition coefficient (Wildman–Crippen LogP) is 6.93. The first-order valence-electron chi connectivity index (χ1n) is 12.0. The lowest BCUT2D eigenvalue weighted by molar-refractivity contribution is -0.138. The number of benzene rings is 3. The number of aliphatic carboxylic acids is 1. The van der Waals surface area contributed by atoms with Crippen LogP contribution in [0.4, 0.5) is 4.39 Å². The van der Waals surface area contributed by atoms with Crippen molar-refractivity contribution in [2.24, 2.45) is 5.92 Å². The van der Waals surface area contributed by atoms with E-state index in [0.29, 0.717) is 17.2 Å². The molecule has 1 aliphatic carbocycles. The smallest absolute Gasteiger partial charge is 0.303 e. The molecule has 0 unspecified atom stereocenters. The van der Waals surface area contributed by atoms with E-state index in [1.165, 1.54) is 12.5 Å². The Morgan fingerprint density at radius 3 is 2.56 bits per heavy atom. The number of carbonyl (C=O) groups is 1. The van der Waals surface area contributed by atoms with Crippen LogP contribution in [-0.4, -0.2) is 18.2 Å². The van der Waals surface area contributed by atoms with Gasteiger partial charge >= 0.3 is 5.97 Å². The van der Waals surface area contributed by atoms with E-state index in [9.17, 15) is 14.3 Å². The van der Waals surface area contributed by atoms with E-state index in [0.717, 1.165) is 53.7 Å². The third-order valence-corrected chi connectivity index (χ3v) is 7.34. The van der Waals surface area contributed by atoms with Gasteiger partial charge in [-0.05, 0) is 84.0 Å². The maximum absolute atomic E-state index is 14.4. The number of halogens is 1. The standard InChI is InChI=1S/C29H29FO4/c1-33-23-12-13-26(30)25(16-23)19-5-7-20(8-6-19)27-14-11-21-9-10-22(15-28(21)34-27)24(17-29(31)32)18-3-2-4-18/h5-10,12-13,15-16,18,24,27H,2-4,11,14,17H2,1H3,(H,31,32)/t24-,27-/m1/s1. The average molecular weight is 461 g/mol. The number of aryl methyl sites for hydroxylation is 1. The summed E-state index contributed by atoms with van der Waals surface area (Å²) in [6.07, 6.45) is 5.21. The molecule has 1 heterocycles. The second kappa shape index (κ2) is 9.49. The molecule has 5 rings (SSSR count). The summed E-state index contributed by atoms with van der Waals surface area (Å²) in [6.45, 7) is 0. The van der Waals surface area contributed by atoms with E-state index in [1.807, 2.05) is 24.3 Å². The molecule has 3 aromatic rings. The Morgan fingerprint density at radius 2 is 1.88 bits per heavy atom. The minimum absolute atomic E-state index is 0.0394. The molecule has 1 saturated carbocycles. The SMILES string of the molecule is COc1ccc(F)c(-c2ccc([C@H]3CCc4ccc([C@H](CC(=O)O)C5CCC5)cc4O3)cc2)c1. The van der Waals surface area contributed by atoms with Crippen molar-refractivity contribution in [3.05, 3.63) is 83.2 Å². The van der Waals surface area contributed by atoms with E-state index in [1.54, 1.807) is 19.2 Å². The highest BCUT2D eigenvalue weighted by atomic mass is 19.1. The van der Waals surface area contributed by atoms with Gasteiger partial charge in [0.25, 0.3) is 0 Å². The van der Waals surface area contributed by atoms with Crippen molar-refractivity contribution < 1.29 is 23.8 Å². The molecule has 4 nitrogen and oxygen atoms in total. The van der Waals surface area contributed by atoms with Gasteiger partial charge in [0.05, 0.1) is 13.5 Å². The molecule has 5 heteroatoms. The molecule has 1 fully saturated rings. The van der Waals surface area contributed by atoms with Crippen LogP contribution in [0.25, 0.3) is 11.1 Å². The Kier molecular flexibility index (Phi) is 6.27. The summed E-state index contributed by atoms with van der Waals surface area (Å²) in [5.74, 6) is 0.918. The monoisotopic (exact) mass is 460 g/mol. The van der Waals surface area contributed by atoms with Crippen LogP contribution in [0.15, 0.2) is 60.7 Å². The van der Waals surface area contributed by atoms with Gasteiger partial charge < -0.3 is 14.6 Å². The first-order valence-corrected chi connectivity index (χ1v) is 12.0. The molecule has 0 radical (unpaired) electrons. The molecule has 3 aromatic carbocycles. The van der Waals surface area contributed by atoms with Crippen LogP contribution in [0.1, 0.15) is 60.8 Å². The molecular formula is C29H29FO4. The Hall–Kier alpha value is -3.34. The molecule has 0 bridgehead atoms. The summed E-state index contributed by atoms with van der Waals surface area (Å²) >= 11 is 0. The fourth-order valence-corrected chi connectivity index (χ4v) is 5.17. The Labute approximate surface area is 199 Å². The molecule has 1 N–H and O–H groups in total. The van der Waals surface area contributed by atoms with Gasteiger partial charge in [-0.1, -0.05) is 42.8 Å². The van der Waals surface area contributed by atoms with Gasteiger partial charge in [0.15, 0.2) is 0 Å². The minimum Gasteiger partial charge on any atom is -0.497 e. The van der Waals surface area contributed by atoms with Gasteiger partial charge in [0, 0.05) is 5.56 Å². The Balaban J connectivity index is 1.36. The van der Waals surface area contributed by atoms with Crippen molar-refractivity contribution in [2.75, 3.05) is 7.11 Å². The van der Waals surface area contributed by atoms with Crippen LogP contribution >= 0.6 is 0 Å². The lowest BCUT2D eigenvalue weighted by Gasteiger charge is -2.34. The molecule has 2 atom stereocenters. The summed E-state index contributed by atoms with van der Waals surface area (Å²) in [6, 6.07) is 18.8. The van der Waals surface area contributed by atoms with E-state index >= 15 is 0 Å². The molecule has 0 spiro atoms. The van der Waals surface area contributed by atoms with Crippen LogP contribution < -0.4 is 9.47 Å². The molecule has 1 aliphatic heterocycles. The molecular weight excluding hydrogens is 431 g/mol. The van der Waals surface area contributed by atoms with E-state index in [-0.39, 0.29) is 24.3 Å². The lowest BCUT2D eigenvalue weighted by atomic mass is 9.71. The summed E-state index contributed by atoms with van der Waals surface area (Å²) in [5.41, 5.74) is 4.57. The van der Waals surface area contributed by atoms with Crippen LogP contribution in [0.5, 0.6) is 11.5 Å². The highest BCUT2D eigenvalue weighted by molar-refractivity contribution is 5.68. The molecule has 34 heavy (non-hydrogen) atoms. The zero-order valence-electron chi connectivity index (χ0n) is 19.3. The van der Waals surface area contributed by atoms with Gasteiger partial charge in [0.1, 0.15) is 23.4 Å². The zero-order valence-corrected chi connectivity index (χ0v) is 19.3. The van der Waals surface area contributed by atoms with Crippen molar-refractivity contribution in [3.8, 4) is 22.6 Å². The molecule has 0 amide bonds. The summed E-state index contributed by atoms with van der Waals surface area (Å²) < 4.78 is 26.0. The topological polar surface area (TPSA) is 55.8 Å². The number of hydrogen-bond acceptors (Lipinski definition) is 3. The zero-order chi connectivity index (χ0) is 23.7. The van der Waals surface area contributed by atoms with Crippen LogP contribution in [0, 0.1) is 11.7 Å². The van der Waals surface area contributed by atoms with Crippen molar-refractivity contribution in [2.45, 2.75) is 50.5 Å². The van der Waals surface area contributed by atoms with Gasteiger partial charge in [0.2, 0.25) is 0 Å². The van der Waals surface area contributed by atoms with E-state index in [2.05, 4.69) is 18.2 Å². The number of hydrogen-bond donors (Lipinski definition) is 1. The first kappa shape index (κ1) is 22.5. The maximum atomic E-state index is 14.4.